The van der Waals surface area contributed by atoms with E-state index in [2.05, 4.69) is 4.74 Å². The van der Waals surface area contributed by atoms with Crippen molar-refractivity contribution < 1.29 is 59.1 Å². The average molecular weight is 420 g/mol. The summed E-state index contributed by atoms with van der Waals surface area (Å²) in [6.45, 7) is 0.939. The summed E-state index contributed by atoms with van der Waals surface area (Å²) in [5, 5.41) is 61.2. The van der Waals surface area contributed by atoms with Gasteiger partial charge < -0.3 is 54.3 Å². The summed E-state index contributed by atoms with van der Waals surface area (Å²) >= 11 is 0. The van der Waals surface area contributed by atoms with Crippen LogP contribution in [-0.2, 0) is 28.5 Å². The molecule has 3 fully saturated rings. The second-order valence-electron chi connectivity index (χ2n) is 7.83. The predicted molar refractivity (Wildman–Crippen MR) is 87.5 cm³/mol. The first kappa shape index (κ1) is 20.9. The van der Waals surface area contributed by atoms with Crippen molar-refractivity contribution in [3.8, 4) is 0 Å². The van der Waals surface area contributed by atoms with Gasteiger partial charge in [-0.05, 0) is 6.92 Å². The Morgan fingerprint density at radius 1 is 1.17 bits per heavy atom. The summed E-state index contributed by atoms with van der Waals surface area (Å²) in [5.74, 6) is -2.03. The Hall–Kier alpha value is -1.35. The van der Waals surface area contributed by atoms with Crippen LogP contribution in [0.3, 0.4) is 0 Å². The predicted octanol–water partition coefficient (Wildman–Crippen LogP) is -3.90. The molecule has 0 aromatic carbocycles. The second-order valence-corrected chi connectivity index (χ2v) is 7.83. The normalized spacial score (nSPS) is 53.4. The number of rotatable bonds is 4. The van der Waals surface area contributed by atoms with E-state index in [4.69, 9.17) is 18.9 Å². The van der Waals surface area contributed by atoms with Crippen molar-refractivity contribution in [2.24, 2.45) is 5.92 Å². The third-order valence-electron chi connectivity index (χ3n) is 6.26. The lowest BCUT2D eigenvalue weighted by Crippen LogP contribution is -2.63. The Bertz CT molecular complexity index is 711. The van der Waals surface area contributed by atoms with Gasteiger partial charge in [-0.25, -0.2) is 4.79 Å². The van der Waals surface area contributed by atoms with Crippen LogP contribution in [0.5, 0.6) is 0 Å². The SMILES string of the molecule is COC(=O)C1=CO[C@@H](O[C@@H]2O[C@H](CO)[C@@H](O)[C@H](O)[C@H]2O)[C@H]2[C@@]3(C)O[C@H]3[C@@H](O)[C@]12O. The smallest absolute Gasteiger partial charge is 0.339 e. The maximum atomic E-state index is 12.1. The number of epoxide rings is 1. The maximum Gasteiger partial charge on any atom is 0.339 e. The van der Waals surface area contributed by atoms with Crippen molar-refractivity contribution in [2.75, 3.05) is 13.7 Å². The second kappa shape index (κ2) is 6.83. The van der Waals surface area contributed by atoms with Crippen molar-refractivity contribution in [1.82, 2.24) is 0 Å². The van der Waals surface area contributed by atoms with Crippen LogP contribution < -0.4 is 0 Å². The van der Waals surface area contributed by atoms with Crippen LogP contribution in [0.1, 0.15) is 6.92 Å². The molecule has 0 aromatic rings. The summed E-state index contributed by atoms with van der Waals surface area (Å²) in [7, 11) is 1.11. The highest BCUT2D eigenvalue weighted by molar-refractivity contribution is 5.91. The number of hydrogen-bond acceptors (Lipinski definition) is 12. The van der Waals surface area contributed by atoms with Gasteiger partial charge in [-0.1, -0.05) is 0 Å². The molecule has 1 saturated carbocycles. The minimum absolute atomic E-state index is 0.317. The topological polar surface area (TPSA) is 188 Å². The summed E-state index contributed by atoms with van der Waals surface area (Å²) in [5.41, 5.74) is -3.55. The van der Waals surface area contributed by atoms with E-state index in [-0.39, 0.29) is 5.57 Å². The quantitative estimate of drug-likeness (QED) is 0.192. The number of hydrogen-bond donors (Lipinski definition) is 6. The summed E-state index contributed by atoms with van der Waals surface area (Å²) in [6, 6.07) is 0. The maximum absolute atomic E-state index is 12.1. The van der Waals surface area contributed by atoms with Gasteiger partial charge in [0.25, 0.3) is 0 Å². The fraction of sp³-hybridized carbons (Fsp3) is 0.824. The van der Waals surface area contributed by atoms with E-state index in [1.54, 1.807) is 6.92 Å². The lowest BCUT2D eigenvalue weighted by molar-refractivity contribution is -0.350. The molecule has 0 spiro atoms. The molecule has 12 heteroatoms. The zero-order valence-corrected chi connectivity index (χ0v) is 15.6. The van der Waals surface area contributed by atoms with Crippen LogP contribution in [0.25, 0.3) is 0 Å². The standard InChI is InChI=1S/C17H24O12/c1-16-10-15(28-14-9(21)8(20)7(19)6(3-18)27-14)26-4-5(13(23)25-2)17(10,24)11(22)12(16)29-16/h4,6-12,14-15,18-22,24H,3H2,1-2H3/t6-,7-,8+,9-,10+,11-,12+,14+,15+,16-,17+/m1/s1. The third kappa shape index (κ3) is 2.76. The first-order valence-electron chi connectivity index (χ1n) is 9.09. The van der Waals surface area contributed by atoms with Crippen molar-refractivity contribution in [1.29, 1.82) is 0 Å². The Labute approximate surface area is 164 Å². The number of methoxy groups -OCH3 is 1. The van der Waals surface area contributed by atoms with Gasteiger partial charge in [0.2, 0.25) is 6.29 Å². The lowest BCUT2D eigenvalue weighted by Gasteiger charge is -2.46. The fourth-order valence-electron chi connectivity index (χ4n) is 4.58. The lowest BCUT2D eigenvalue weighted by atomic mass is 9.77. The van der Waals surface area contributed by atoms with E-state index in [1.165, 1.54) is 0 Å². The van der Waals surface area contributed by atoms with E-state index in [9.17, 15) is 35.4 Å². The molecule has 4 aliphatic rings. The van der Waals surface area contributed by atoms with E-state index in [0.717, 1.165) is 13.4 Å². The highest BCUT2D eigenvalue weighted by Crippen LogP contribution is 2.63. The van der Waals surface area contributed by atoms with Crippen molar-refractivity contribution >= 4 is 5.97 Å². The van der Waals surface area contributed by atoms with E-state index >= 15 is 0 Å². The van der Waals surface area contributed by atoms with Crippen LogP contribution >= 0.6 is 0 Å². The van der Waals surface area contributed by atoms with Crippen molar-refractivity contribution in [3.63, 3.8) is 0 Å². The van der Waals surface area contributed by atoms with Crippen LogP contribution in [-0.4, -0.2) is 111 Å². The van der Waals surface area contributed by atoms with E-state index in [0.29, 0.717) is 0 Å². The fourth-order valence-corrected chi connectivity index (χ4v) is 4.58. The number of esters is 1. The molecule has 3 aliphatic heterocycles. The molecule has 6 N–H and O–H groups in total. The molecule has 12 nitrogen and oxygen atoms in total. The van der Waals surface area contributed by atoms with Crippen LogP contribution in [0.2, 0.25) is 0 Å². The first-order valence-corrected chi connectivity index (χ1v) is 9.09. The molecule has 0 radical (unpaired) electrons. The summed E-state index contributed by atoms with van der Waals surface area (Å²) in [6.07, 6.45) is -10.5. The molecule has 3 heterocycles. The zero-order chi connectivity index (χ0) is 21.3. The summed E-state index contributed by atoms with van der Waals surface area (Å²) in [4.78, 5) is 12.1. The number of fused-ring (bicyclic) bond motifs is 3. The Morgan fingerprint density at radius 2 is 1.86 bits per heavy atom. The molecule has 29 heavy (non-hydrogen) atoms. The van der Waals surface area contributed by atoms with Gasteiger partial charge in [0.05, 0.1) is 19.6 Å². The van der Waals surface area contributed by atoms with E-state index in [1.807, 2.05) is 0 Å². The first-order chi connectivity index (χ1) is 13.6. The van der Waals surface area contributed by atoms with Gasteiger partial charge in [0, 0.05) is 0 Å². The highest BCUT2D eigenvalue weighted by atomic mass is 16.8. The Kier molecular flexibility index (Phi) is 4.93. The summed E-state index contributed by atoms with van der Waals surface area (Å²) < 4.78 is 26.5. The van der Waals surface area contributed by atoms with Crippen molar-refractivity contribution in [3.05, 3.63) is 11.8 Å². The Balaban J connectivity index is 1.64. The third-order valence-corrected chi connectivity index (χ3v) is 6.26. The number of carbonyl (C=O) groups is 1. The number of aliphatic hydroxyl groups excluding tert-OH is 5. The van der Waals surface area contributed by atoms with Gasteiger partial charge in [-0.2, -0.15) is 0 Å². The van der Waals surface area contributed by atoms with Crippen LogP contribution in [0, 0.1) is 5.92 Å². The van der Waals surface area contributed by atoms with Gasteiger partial charge in [0.15, 0.2) is 6.29 Å². The van der Waals surface area contributed by atoms with Crippen LogP contribution in [0.15, 0.2) is 11.8 Å². The Morgan fingerprint density at radius 3 is 2.48 bits per heavy atom. The molecule has 0 aromatic heterocycles. The molecule has 1 aliphatic carbocycles. The number of ether oxygens (including phenoxy) is 5. The zero-order valence-electron chi connectivity index (χ0n) is 15.6. The molecule has 4 rings (SSSR count). The van der Waals surface area contributed by atoms with Gasteiger partial charge in [0.1, 0.15) is 59.7 Å². The monoisotopic (exact) mass is 420 g/mol. The van der Waals surface area contributed by atoms with E-state index < -0.39 is 78.9 Å². The molecule has 0 unspecified atom stereocenters. The number of carbonyl (C=O) groups excluding carboxylic acids is 1. The highest BCUT2D eigenvalue weighted by Gasteiger charge is 2.81. The van der Waals surface area contributed by atoms with Crippen LogP contribution in [0.4, 0.5) is 0 Å². The van der Waals surface area contributed by atoms with Crippen molar-refractivity contribution in [2.45, 2.75) is 67.3 Å². The van der Waals surface area contributed by atoms with Gasteiger partial charge in [-0.3, -0.25) is 0 Å². The molecule has 2 saturated heterocycles. The van der Waals surface area contributed by atoms with Gasteiger partial charge >= 0.3 is 5.97 Å². The van der Waals surface area contributed by atoms with Gasteiger partial charge in [-0.15, -0.1) is 0 Å². The minimum Gasteiger partial charge on any atom is -0.471 e. The number of aliphatic hydroxyl groups is 6. The molecule has 11 atom stereocenters. The molecule has 164 valence electrons. The molecular formula is C17H24O12. The molecule has 0 bridgehead atoms. The largest absolute Gasteiger partial charge is 0.471 e. The molecule has 0 amide bonds. The average Bonchev–Trinajstić information content (AvgIpc) is 3.34. The minimum atomic E-state index is -2.12. The molecular weight excluding hydrogens is 396 g/mol.